The van der Waals surface area contributed by atoms with Gasteiger partial charge in [0.1, 0.15) is 0 Å². The van der Waals surface area contributed by atoms with E-state index in [9.17, 15) is 0 Å². The van der Waals surface area contributed by atoms with E-state index in [2.05, 4.69) is 41.5 Å². The first-order valence-electron chi connectivity index (χ1n) is 6.59. The molecule has 0 bridgehead atoms. The third-order valence-corrected chi connectivity index (χ3v) is 3.57. The Morgan fingerprint density at radius 2 is 1.95 bits per heavy atom. The monoisotopic (exact) mass is 282 g/mol. The molecule has 0 aliphatic carbocycles. The Hall–Kier alpha value is -2.06. The Bertz CT molecular complexity index is 740. The van der Waals surface area contributed by atoms with Gasteiger partial charge in [0.25, 0.3) is 0 Å². The van der Waals surface area contributed by atoms with E-state index >= 15 is 0 Å². The third kappa shape index (κ3) is 2.75. The predicted molar refractivity (Wildman–Crippen MR) is 85.2 cm³/mol. The molecule has 0 saturated heterocycles. The molecule has 1 unspecified atom stereocenters. The van der Waals surface area contributed by atoms with Crippen LogP contribution in [-0.2, 0) is 0 Å². The molecule has 3 heteroatoms. The molecule has 3 aromatic rings. The average Bonchev–Trinajstić information content (AvgIpc) is 2.47. The number of fused-ring (bicyclic) bond motifs is 1. The summed E-state index contributed by atoms with van der Waals surface area (Å²) in [5.74, 6) is 0. The Morgan fingerprint density at radius 1 is 1.05 bits per heavy atom. The molecule has 1 N–H and O–H groups in total. The van der Waals surface area contributed by atoms with Gasteiger partial charge >= 0.3 is 0 Å². The summed E-state index contributed by atoms with van der Waals surface area (Å²) in [6.45, 7) is 2.12. The van der Waals surface area contributed by atoms with Gasteiger partial charge in [-0.1, -0.05) is 29.8 Å². The van der Waals surface area contributed by atoms with Gasteiger partial charge in [0.05, 0.1) is 5.52 Å². The Morgan fingerprint density at radius 3 is 2.80 bits per heavy atom. The van der Waals surface area contributed by atoms with Crippen molar-refractivity contribution in [2.24, 2.45) is 0 Å². The van der Waals surface area contributed by atoms with E-state index in [4.69, 9.17) is 11.6 Å². The molecule has 0 aliphatic rings. The molecule has 0 fully saturated rings. The van der Waals surface area contributed by atoms with Crippen LogP contribution in [0, 0.1) is 0 Å². The lowest BCUT2D eigenvalue weighted by Gasteiger charge is -2.16. The first-order chi connectivity index (χ1) is 9.72. The lowest BCUT2D eigenvalue weighted by Crippen LogP contribution is -2.06. The zero-order valence-electron chi connectivity index (χ0n) is 11.2. The van der Waals surface area contributed by atoms with Crippen molar-refractivity contribution in [3.63, 3.8) is 0 Å². The molecule has 1 atom stereocenters. The maximum atomic E-state index is 6.03. The first kappa shape index (κ1) is 12.9. The van der Waals surface area contributed by atoms with Gasteiger partial charge in [-0.05, 0) is 48.9 Å². The quantitative estimate of drug-likeness (QED) is 0.726. The number of halogens is 1. The maximum absolute atomic E-state index is 6.03. The van der Waals surface area contributed by atoms with Gasteiger partial charge in [-0.15, -0.1) is 0 Å². The van der Waals surface area contributed by atoms with Crippen molar-refractivity contribution >= 4 is 28.2 Å². The predicted octanol–water partition coefficient (Wildman–Crippen LogP) is 5.06. The molecule has 0 aliphatic heterocycles. The first-order valence-corrected chi connectivity index (χ1v) is 6.97. The van der Waals surface area contributed by atoms with Gasteiger partial charge in [0, 0.05) is 28.3 Å². The largest absolute Gasteiger partial charge is 0.379 e. The molecule has 1 aromatic heterocycles. The van der Waals surface area contributed by atoms with Crippen LogP contribution in [0.4, 0.5) is 5.69 Å². The lowest BCUT2D eigenvalue weighted by molar-refractivity contribution is 0.885. The Balaban J connectivity index is 1.85. The molecule has 2 nitrogen and oxygen atoms in total. The van der Waals surface area contributed by atoms with Crippen molar-refractivity contribution in [1.82, 2.24) is 4.98 Å². The maximum Gasteiger partial charge on any atom is 0.0703 e. The number of nitrogens with zero attached hydrogens (tertiary/aromatic N) is 1. The van der Waals surface area contributed by atoms with Crippen molar-refractivity contribution in [2.75, 3.05) is 5.32 Å². The van der Waals surface area contributed by atoms with Crippen LogP contribution in [-0.4, -0.2) is 4.98 Å². The van der Waals surface area contributed by atoms with Crippen LogP contribution in [0.25, 0.3) is 10.9 Å². The average molecular weight is 283 g/mol. The summed E-state index contributed by atoms with van der Waals surface area (Å²) in [5.41, 5.74) is 3.26. The van der Waals surface area contributed by atoms with E-state index in [1.807, 2.05) is 36.5 Å². The van der Waals surface area contributed by atoms with Crippen LogP contribution in [0.3, 0.4) is 0 Å². The number of hydrogen-bond acceptors (Lipinski definition) is 2. The van der Waals surface area contributed by atoms with Crippen molar-refractivity contribution in [3.8, 4) is 0 Å². The van der Waals surface area contributed by atoms with Crippen LogP contribution in [0.15, 0.2) is 60.8 Å². The van der Waals surface area contributed by atoms with Crippen molar-refractivity contribution in [3.05, 3.63) is 71.4 Å². The molecule has 0 amide bonds. The second-order valence-corrected chi connectivity index (χ2v) is 5.27. The number of pyridine rings is 1. The van der Waals surface area contributed by atoms with Gasteiger partial charge in [-0.3, -0.25) is 4.98 Å². The number of hydrogen-bond donors (Lipinski definition) is 1. The number of anilines is 1. The van der Waals surface area contributed by atoms with Crippen LogP contribution in [0.5, 0.6) is 0 Å². The molecule has 0 spiro atoms. The van der Waals surface area contributed by atoms with Gasteiger partial charge < -0.3 is 5.32 Å². The van der Waals surface area contributed by atoms with Gasteiger partial charge in [0.15, 0.2) is 0 Å². The molecule has 2 aromatic carbocycles. The summed E-state index contributed by atoms with van der Waals surface area (Å²) < 4.78 is 0. The van der Waals surface area contributed by atoms with E-state index in [1.54, 1.807) is 0 Å². The van der Waals surface area contributed by atoms with Gasteiger partial charge in [-0.2, -0.15) is 0 Å². The van der Waals surface area contributed by atoms with Crippen LogP contribution in [0.1, 0.15) is 18.5 Å². The normalized spacial score (nSPS) is 12.3. The zero-order chi connectivity index (χ0) is 13.9. The zero-order valence-corrected chi connectivity index (χ0v) is 11.9. The van der Waals surface area contributed by atoms with Crippen molar-refractivity contribution in [1.29, 1.82) is 0 Å². The minimum Gasteiger partial charge on any atom is -0.379 e. The highest BCUT2D eigenvalue weighted by atomic mass is 35.5. The summed E-state index contributed by atoms with van der Waals surface area (Å²) in [7, 11) is 0. The number of aromatic nitrogens is 1. The summed E-state index contributed by atoms with van der Waals surface area (Å²) in [5, 5.41) is 5.39. The molecular formula is C17H15ClN2. The number of nitrogens with one attached hydrogen (secondary N) is 1. The molecule has 100 valence electrons. The third-order valence-electron chi connectivity index (χ3n) is 3.33. The second kappa shape index (κ2) is 5.51. The summed E-state index contributed by atoms with van der Waals surface area (Å²) in [6, 6.07) is 18.3. The minimum absolute atomic E-state index is 0.197. The molecular weight excluding hydrogens is 268 g/mol. The SMILES string of the molecule is CC(Nc1ccc2ncccc2c1)c1cccc(Cl)c1. The molecule has 1 heterocycles. The summed E-state index contributed by atoms with van der Waals surface area (Å²) in [4.78, 5) is 4.33. The van der Waals surface area contributed by atoms with Gasteiger partial charge in [0.2, 0.25) is 0 Å². The molecule has 0 radical (unpaired) electrons. The standard InChI is InChI=1S/C17H15ClN2/c1-12(13-4-2-6-15(18)10-13)20-16-7-8-17-14(11-16)5-3-9-19-17/h2-12,20H,1H3. The fourth-order valence-corrected chi connectivity index (χ4v) is 2.47. The van der Waals surface area contributed by atoms with Crippen molar-refractivity contribution < 1.29 is 0 Å². The fraction of sp³-hybridized carbons (Fsp3) is 0.118. The Kier molecular flexibility index (Phi) is 3.57. The second-order valence-electron chi connectivity index (χ2n) is 4.83. The topological polar surface area (TPSA) is 24.9 Å². The molecule has 3 rings (SSSR count). The number of benzene rings is 2. The van der Waals surface area contributed by atoms with E-state index in [-0.39, 0.29) is 6.04 Å². The highest BCUT2D eigenvalue weighted by Crippen LogP contribution is 2.24. The van der Waals surface area contributed by atoms with Gasteiger partial charge in [-0.25, -0.2) is 0 Å². The molecule has 0 saturated carbocycles. The highest BCUT2D eigenvalue weighted by Gasteiger charge is 2.06. The minimum atomic E-state index is 0.197. The van der Waals surface area contributed by atoms with Crippen LogP contribution < -0.4 is 5.32 Å². The fourth-order valence-electron chi connectivity index (χ4n) is 2.27. The smallest absolute Gasteiger partial charge is 0.0703 e. The molecule has 20 heavy (non-hydrogen) atoms. The van der Waals surface area contributed by atoms with Crippen molar-refractivity contribution in [2.45, 2.75) is 13.0 Å². The summed E-state index contributed by atoms with van der Waals surface area (Å²) in [6.07, 6.45) is 1.81. The Labute approximate surface area is 123 Å². The summed E-state index contributed by atoms with van der Waals surface area (Å²) >= 11 is 6.03. The number of rotatable bonds is 3. The highest BCUT2D eigenvalue weighted by molar-refractivity contribution is 6.30. The van der Waals surface area contributed by atoms with E-state index in [0.29, 0.717) is 0 Å². The van der Waals surface area contributed by atoms with E-state index in [1.165, 1.54) is 5.56 Å². The van der Waals surface area contributed by atoms with Crippen LogP contribution >= 0.6 is 11.6 Å². The van der Waals surface area contributed by atoms with Crippen LogP contribution in [0.2, 0.25) is 5.02 Å². The van der Waals surface area contributed by atoms with E-state index < -0.39 is 0 Å². The van der Waals surface area contributed by atoms with E-state index in [0.717, 1.165) is 21.6 Å². The lowest BCUT2D eigenvalue weighted by atomic mass is 10.1.